The number of carbonyl (C=O) groups is 2. The number of hydrogen-bond acceptors (Lipinski definition) is 12. The van der Waals surface area contributed by atoms with Crippen LogP contribution in [0.4, 0.5) is 14.5 Å². The van der Waals surface area contributed by atoms with Gasteiger partial charge in [-0.05, 0) is 51.8 Å². The monoisotopic (exact) mass is 779 g/mol. The van der Waals surface area contributed by atoms with Gasteiger partial charge in [0.15, 0.2) is 11.5 Å². The van der Waals surface area contributed by atoms with E-state index in [4.69, 9.17) is 19.3 Å². The van der Waals surface area contributed by atoms with Crippen LogP contribution in [0.25, 0.3) is 21.8 Å². The minimum Gasteiger partial charge on any atom is -0.489 e. The first kappa shape index (κ1) is 36.5. The lowest BCUT2D eigenvalue weighted by Crippen LogP contribution is -2.46. The molecule has 5 aromatic rings. The van der Waals surface area contributed by atoms with E-state index in [1.54, 1.807) is 22.1 Å². The fourth-order valence-corrected chi connectivity index (χ4v) is 8.72. The lowest BCUT2D eigenvalue weighted by molar-refractivity contribution is 0.0680. The lowest BCUT2D eigenvalue weighted by atomic mass is 9.98. The van der Waals surface area contributed by atoms with E-state index in [0.29, 0.717) is 78.8 Å². The molecule has 4 N–H and O–H groups in total. The van der Waals surface area contributed by atoms with Crippen LogP contribution in [-0.4, -0.2) is 69.0 Å². The Labute approximate surface area is 313 Å². The summed E-state index contributed by atoms with van der Waals surface area (Å²) in [5.41, 5.74) is 4.97. The molecule has 2 fully saturated rings. The molecule has 1 saturated carbocycles. The zero-order valence-electron chi connectivity index (χ0n) is 29.8. The van der Waals surface area contributed by atoms with Gasteiger partial charge in [-0.1, -0.05) is 11.8 Å². The maximum Gasteiger partial charge on any atom is 0.519 e. The first-order valence-corrected chi connectivity index (χ1v) is 18.4. The summed E-state index contributed by atoms with van der Waals surface area (Å²) in [6, 6.07) is 3.72. The van der Waals surface area contributed by atoms with Gasteiger partial charge in [-0.25, -0.2) is 23.2 Å². The summed E-state index contributed by atoms with van der Waals surface area (Å²) in [7, 11) is 0. The number of carboxylic acids is 2. The van der Waals surface area contributed by atoms with Crippen LogP contribution >= 0.6 is 11.8 Å². The molecule has 1 unspecified atom stereocenters. The van der Waals surface area contributed by atoms with Gasteiger partial charge in [0.2, 0.25) is 10.9 Å². The van der Waals surface area contributed by atoms with Gasteiger partial charge in [-0.2, -0.15) is 0 Å². The first-order chi connectivity index (χ1) is 26.1. The van der Waals surface area contributed by atoms with Crippen LogP contribution in [-0.2, 0) is 12.1 Å². The number of hydrogen-bond donors (Lipinski definition) is 3. The number of aromatic carboxylic acids is 2. The number of aryl methyl sites for hydroxylation is 1. The Morgan fingerprint density at radius 2 is 1.65 bits per heavy atom. The van der Waals surface area contributed by atoms with Crippen molar-refractivity contribution in [3.05, 3.63) is 95.3 Å². The number of piperazine rings is 1. The number of rotatable bonds is 6. The average molecular weight is 780 g/mol. The van der Waals surface area contributed by atoms with Crippen molar-refractivity contribution in [2.75, 3.05) is 37.7 Å². The Morgan fingerprint density at radius 1 is 0.964 bits per heavy atom. The van der Waals surface area contributed by atoms with Crippen LogP contribution in [0.1, 0.15) is 75.9 Å². The Balaban J connectivity index is 0.000000164. The molecule has 18 heteroatoms. The Bertz CT molecular complexity index is 2660. The number of anilines is 1. The molecule has 15 nitrogen and oxygen atoms in total. The van der Waals surface area contributed by atoms with Crippen LogP contribution in [0.15, 0.2) is 52.6 Å². The molecule has 0 bridgehead atoms. The molecule has 1 saturated heterocycles. The number of thioether (sulfide) groups is 1. The van der Waals surface area contributed by atoms with E-state index in [0.717, 1.165) is 12.1 Å². The number of benzene rings is 2. The Hall–Kier alpha value is -5.46. The summed E-state index contributed by atoms with van der Waals surface area (Å²) in [6.45, 7) is 8.44. The molecule has 0 radical (unpaired) electrons. The van der Waals surface area contributed by atoms with Crippen molar-refractivity contribution < 1.29 is 42.2 Å². The third-order valence-electron chi connectivity index (χ3n) is 10.7. The fraction of sp³-hybridized carbons (Fsp3) is 0.378. The number of ether oxygens (including phenoxy) is 1. The average Bonchev–Trinajstić information content (AvgIpc) is 3.78. The summed E-state index contributed by atoms with van der Waals surface area (Å²) in [5.74, 6) is -3.32. The molecular weight excluding hydrogens is 744 g/mol. The highest BCUT2D eigenvalue weighted by Crippen LogP contribution is 2.51. The minimum atomic E-state index is -1.33. The van der Waals surface area contributed by atoms with Crippen LogP contribution in [0.3, 0.4) is 0 Å². The van der Waals surface area contributed by atoms with E-state index >= 15 is 4.39 Å². The molecule has 1 aliphatic carbocycles. The molecule has 2 atom stereocenters. The van der Waals surface area contributed by atoms with Crippen molar-refractivity contribution in [1.82, 2.24) is 14.0 Å². The zero-order chi connectivity index (χ0) is 39.2. The highest BCUT2D eigenvalue weighted by atomic mass is 32.2. The smallest absolute Gasteiger partial charge is 0.489 e. The number of nitrogens with zero attached hydrogens (tertiary/aromatic N) is 4. The van der Waals surface area contributed by atoms with Gasteiger partial charge in [0.25, 0.3) is 0 Å². The lowest BCUT2D eigenvalue weighted by Gasteiger charge is -2.37. The number of aromatic nitrogens is 2. The standard InChI is InChI=1S/C21H20FN3O6S.C16H15FN2O4/c1-10-16(31-21(29)30-10)9-23-3-5-24(6-4-23)15-8-14-12(7-13(15)22)18(26)17(20(27)28)19-25(14)11(2)32-19;1-7-6-23-14-11(16(18)2-3-16)10(17)4-8-12(14)19(7)5-9(13(8)20)15(21)22/h7-8,11H,3-6,9H2,1-2H3,(H,27,28);4-5,7H,2-3,6,18H2,1H3,(H,21,22)/t;7-/m.0/s1. The Kier molecular flexibility index (Phi) is 8.69. The van der Waals surface area contributed by atoms with Crippen LogP contribution in [0.2, 0.25) is 0 Å². The van der Waals surface area contributed by atoms with Gasteiger partial charge in [0.05, 0.1) is 50.7 Å². The third-order valence-corrected chi connectivity index (χ3v) is 11.9. The number of pyridine rings is 2. The molecule has 4 aliphatic rings. The summed E-state index contributed by atoms with van der Waals surface area (Å²) in [5, 5.41) is 19.1. The van der Waals surface area contributed by atoms with Gasteiger partial charge < -0.3 is 43.6 Å². The Morgan fingerprint density at radius 3 is 2.25 bits per heavy atom. The van der Waals surface area contributed by atoms with Crippen molar-refractivity contribution in [2.45, 2.75) is 62.1 Å². The summed E-state index contributed by atoms with van der Waals surface area (Å²) in [4.78, 5) is 63.3. The molecule has 55 heavy (non-hydrogen) atoms. The van der Waals surface area contributed by atoms with E-state index in [1.807, 2.05) is 18.7 Å². The van der Waals surface area contributed by atoms with Crippen molar-refractivity contribution in [3.8, 4) is 5.75 Å². The summed E-state index contributed by atoms with van der Waals surface area (Å²) >= 11 is 1.32. The summed E-state index contributed by atoms with van der Waals surface area (Å²) in [6.07, 6.45) is 2.61. The molecule has 0 amide bonds. The third kappa shape index (κ3) is 5.98. The van der Waals surface area contributed by atoms with E-state index in [2.05, 4.69) is 4.90 Å². The quantitative estimate of drug-likeness (QED) is 0.219. The van der Waals surface area contributed by atoms with Crippen LogP contribution in [0.5, 0.6) is 5.75 Å². The molecule has 0 spiro atoms. The van der Waals surface area contributed by atoms with Gasteiger partial charge in [0.1, 0.15) is 35.1 Å². The molecular formula is C37H35F2N5O10S. The van der Waals surface area contributed by atoms with E-state index in [1.165, 1.54) is 18.0 Å². The zero-order valence-corrected chi connectivity index (χ0v) is 30.6. The maximum absolute atomic E-state index is 15.0. The van der Waals surface area contributed by atoms with Gasteiger partial charge >= 0.3 is 17.8 Å². The second-order valence-corrected chi connectivity index (χ2v) is 15.6. The summed E-state index contributed by atoms with van der Waals surface area (Å²) < 4.78 is 48.8. The fourth-order valence-electron chi connectivity index (χ4n) is 7.56. The van der Waals surface area contributed by atoms with Crippen LogP contribution < -0.4 is 32.1 Å². The predicted octanol–water partition coefficient (Wildman–Crippen LogP) is 4.38. The SMILES string of the molecule is C[C@H]1COc2c(C3(N)CC3)c(F)cc3c(=O)c(C(=O)O)cn1c23.Cc1oc(=O)oc1CN1CCN(c2cc3c(cc2F)c(=O)c(C(=O)O)c2n3C(C)S2)CC1. The first-order valence-electron chi connectivity index (χ1n) is 17.5. The van der Waals surface area contributed by atoms with Crippen molar-refractivity contribution in [2.24, 2.45) is 5.73 Å². The van der Waals surface area contributed by atoms with Crippen molar-refractivity contribution >= 4 is 51.2 Å². The second-order valence-electron chi connectivity index (χ2n) is 14.3. The molecule has 3 aliphatic heterocycles. The number of nitrogens with two attached hydrogens (primary N) is 1. The highest BCUT2D eigenvalue weighted by molar-refractivity contribution is 8.00. The number of fused-ring (bicyclic) bond motifs is 3. The normalized spacial score (nSPS) is 19.6. The van der Waals surface area contributed by atoms with Gasteiger partial charge in [-0.3, -0.25) is 14.5 Å². The number of carboxylic acid groups (broad SMARTS) is 2. The van der Waals surface area contributed by atoms with E-state index in [-0.39, 0.29) is 51.2 Å². The second kappa shape index (κ2) is 13.1. The van der Waals surface area contributed by atoms with Gasteiger partial charge in [-0.15, -0.1) is 0 Å². The minimum absolute atomic E-state index is 0.0111. The molecule has 288 valence electrons. The molecule has 2 aromatic carbocycles. The van der Waals surface area contributed by atoms with Gasteiger partial charge in [0, 0.05) is 43.3 Å². The highest BCUT2D eigenvalue weighted by Gasteiger charge is 2.46. The topological polar surface area (TPSA) is 204 Å². The molecule has 6 heterocycles. The molecule has 3 aromatic heterocycles. The van der Waals surface area contributed by atoms with E-state index in [9.17, 15) is 38.6 Å². The number of halogens is 2. The molecule has 9 rings (SSSR count). The van der Waals surface area contributed by atoms with Crippen molar-refractivity contribution in [1.29, 1.82) is 0 Å². The largest absolute Gasteiger partial charge is 0.519 e. The van der Waals surface area contributed by atoms with E-state index < -0.39 is 45.8 Å². The van der Waals surface area contributed by atoms with Crippen LogP contribution in [0, 0.1) is 18.6 Å². The van der Waals surface area contributed by atoms with Crippen molar-refractivity contribution in [3.63, 3.8) is 0 Å². The maximum atomic E-state index is 15.0. The predicted molar refractivity (Wildman–Crippen MR) is 196 cm³/mol.